The lowest BCUT2D eigenvalue weighted by molar-refractivity contribution is 0.491. The summed E-state index contributed by atoms with van der Waals surface area (Å²) in [5.74, 6) is 0. The van der Waals surface area contributed by atoms with Gasteiger partial charge in [0.1, 0.15) is 0 Å². The van der Waals surface area contributed by atoms with E-state index >= 15 is 0 Å². The Hall–Kier alpha value is -1.24. The second-order valence-electron chi connectivity index (χ2n) is 3.14. The van der Waals surface area contributed by atoms with Crippen molar-refractivity contribution in [2.24, 2.45) is 9.98 Å². The SMILES string of the molecule is CCC(CCC(CC)N=C=O)N=C=O. The maximum absolute atomic E-state index is 10.0. The van der Waals surface area contributed by atoms with Crippen molar-refractivity contribution in [3.05, 3.63) is 0 Å². The summed E-state index contributed by atoms with van der Waals surface area (Å²) < 4.78 is 0. The van der Waals surface area contributed by atoms with Crippen LogP contribution in [0.5, 0.6) is 0 Å². The molecule has 78 valence electrons. The van der Waals surface area contributed by atoms with E-state index in [1.165, 1.54) is 0 Å². The first-order valence-electron chi connectivity index (χ1n) is 4.92. The topological polar surface area (TPSA) is 58.9 Å². The van der Waals surface area contributed by atoms with Gasteiger partial charge in [-0.25, -0.2) is 19.6 Å². The Morgan fingerprint density at radius 2 is 1.29 bits per heavy atom. The Morgan fingerprint density at radius 1 is 0.929 bits per heavy atom. The summed E-state index contributed by atoms with van der Waals surface area (Å²) in [7, 11) is 0. The summed E-state index contributed by atoms with van der Waals surface area (Å²) in [6.07, 6.45) is 6.30. The molecule has 0 aromatic rings. The molecule has 0 N–H and O–H groups in total. The maximum atomic E-state index is 10.0. The molecule has 0 aromatic carbocycles. The van der Waals surface area contributed by atoms with Crippen molar-refractivity contribution >= 4 is 12.2 Å². The van der Waals surface area contributed by atoms with Gasteiger partial charge in [0.05, 0.1) is 12.1 Å². The monoisotopic (exact) mass is 196 g/mol. The molecule has 0 radical (unpaired) electrons. The van der Waals surface area contributed by atoms with Crippen LogP contribution in [-0.2, 0) is 9.59 Å². The third-order valence-corrected chi connectivity index (χ3v) is 2.25. The van der Waals surface area contributed by atoms with Crippen LogP contribution in [0.15, 0.2) is 9.98 Å². The Morgan fingerprint density at radius 3 is 1.50 bits per heavy atom. The molecule has 4 heteroatoms. The van der Waals surface area contributed by atoms with Gasteiger partial charge in [-0.15, -0.1) is 0 Å². The highest BCUT2D eigenvalue weighted by Gasteiger charge is 2.09. The van der Waals surface area contributed by atoms with Crippen molar-refractivity contribution in [2.45, 2.75) is 51.6 Å². The highest BCUT2D eigenvalue weighted by molar-refractivity contribution is 5.34. The van der Waals surface area contributed by atoms with E-state index in [2.05, 4.69) is 9.98 Å². The molecule has 0 aliphatic rings. The molecule has 0 saturated heterocycles. The van der Waals surface area contributed by atoms with E-state index in [0.717, 1.165) is 25.7 Å². The van der Waals surface area contributed by atoms with E-state index in [-0.39, 0.29) is 12.1 Å². The van der Waals surface area contributed by atoms with Crippen LogP contribution in [-0.4, -0.2) is 24.2 Å². The first-order chi connectivity index (χ1) is 6.78. The minimum absolute atomic E-state index is 0.0170. The fourth-order valence-electron chi connectivity index (χ4n) is 1.25. The van der Waals surface area contributed by atoms with E-state index in [1.807, 2.05) is 13.8 Å². The second-order valence-corrected chi connectivity index (χ2v) is 3.14. The lowest BCUT2D eigenvalue weighted by Gasteiger charge is -2.10. The van der Waals surface area contributed by atoms with Crippen LogP contribution in [0.3, 0.4) is 0 Å². The van der Waals surface area contributed by atoms with E-state index in [1.54, 1.807) is 12.2 Å². The molecule has 0 bridgehead atoms. The maximum Gasteiger partial charge on any atom is 0.235 e. The predicted octanol–water partition coefficient (Wildman–Crippen LogP) is 2.00. The molecule has 0 aliphatic heterocycles. The Balaban J connectivity index is 3.98. The van der Waals surface area contributed by atoms with Crippen LogP contribution in [0.1, 0.15) is 39.5 Å². The summed E-state index contributed by atoms with van der Waals surface area (Å²) in [6.45, 7) is 3.94. The van der Waals surface area contributed by atoms with Crippen molar-refractivity contribution in [3.8, 4) is 0 Å². The Labute approximate surface area is 84.1 Å². The smallest absolute Gasteiger partial charge is 0.211 e. The highest BCUT2D eigenvalue weighted by Crippen LogP contribution is 2.12. The van der Waals surface area contributed by atoms with Crippen molar-refractivity contribution in [1.82, 2.24) is 0 Å². The van der Waals surface area contributed by atoms with Gasteiger partial charge in [0.15, 0.2) is 0 Å². The average molecular weight is 196 g/mol. The zero-order valence-corrected chi connectivity index (χ0v) is 8.69. The molecule has 0 rings (SSSR count). The zero-order chi connectivity index (χ0) is 10.8. The largest absolute Gasteiger partial charge is 0.235 e. The average Bonchev–Trinajstić information content (AvgIpc) is 2.22. The molecule has 14 heavy (non-hydrogen) atoms. The molecule has 0 aliphatic carbocycles. The van der Waals surface area contributed by atoms with Crippen LogP contribution in [0.2, 0.25) is 0 Å². The predicted molar refractivity (Wildman–Crippen MR) is 53.6 cm³/mol. The molecule has 0 saturated carbocycles. The third-order valence-electron chi connectivity index (χ3n) is 2.25. The van der Waals surface area contributed by atoms with E-state index in [0.29, 0.717) is 0 Å². The minimum atomic E-state index is 0.0170. The number of rotatable bonds is 7. The van der Waals surface area contributed by atoms with Gasteiger partial charge >= 0.3 is 0 Å². The molecule has 0 spiro atoms. The Bertz CT molecular complexity index is 215. The molecule has 2 unspecified atom stereocenters. The van der Waals surface area contributed by atoms with Crippen molar-refractivity contribution in [2.75, 3.05) is 0 Å². The van der Waals surface area contributed by atoms with E-state index < -0.39 is 0 Å². The summed E-state index contributed by atoms with van der Waals surface area (Å²) in [5.41, 5.74) is 0. The van der Waals surface area contributed by atoms with Gasteiger partial charge in [0.2, 0.25) is 12.2 Å². The van der Waals surface area contributed by atoms with Gasteiger partial charge in [-0.05, 0) is 25.7 Å². The highest BCUT2D eigenvalue weighted by atomic mass is 16.1. The number of hydrogen-bond donors (Lipinski definition) is 0. The van der Waals surface area contributed by atoms with Gasteiger partial charge in [-0.3, -0.25) is 0 Å². The van der Waals surface area contributed by atoms with Crippen LogP contribution >= 0.6 is 0 Å². The van der Waals surface area contributed by atoms with Gasteiger partial charge in [-0.2, -0.15) is 0 Å². The lowest BCUT2D eigenvalue weighted by atomic mass is 10.0. The molecule has 2 atom stereocenters. The molecule has 0 fully saturated rings. The van der Waals surface area contributed by atoms with Crippen molar-refractivity contribution in [3.63, 3.8) is 0 Å². The first kappa shape index (κ1) is 12.8. The molecule has 4 nitrogen and oxygen atoms in total. The lowest BCUT2D eigenvalue weighted by Crippen LogP contribution is -2.09. The quantitative estimate of drug-likeness (QED) is 0.462. The fourth-order valence-corrected chi connectivity index (χ4v) is 1.25. The molecule has 0 heterocycles. The van der Waals surface area contributed by atoms with Crippen LogP contribution in [0.4, 0.5) is 0 Å². The van der Waals surface area contributed by atoms with Gasteiger partial charge in [-0.1, -0.05) is 13.8 Å². The third kappa shape index (κ3) is 5.41. The standard InChI is InChI=1S/C10H16N2O2/c1-3-9(11-7-13)5-6-10(4-2)12-8-14/h9-10H,3-6H2,1-2H3. The zero-order valence-electron chi connectivity index (χ0n) is 8.69. The van der Waals surface area contributed by atoms with Gasteiger partial charge < -0.3 is 0 Å². The van der Waals surface area contributed by atoms with Crippen molar-refractivity contribution in [1.29, 1.82) is 0 Å². The summed E-state index contributed by atoms with van der Waals surface area (Å²) in [5, 5.41) is 0. The fraction of sp³-hybridized carbons (Fsp3) is 0.800. The van der Waals surface area contributed by atoms with E-state index in [9.17, 15) is 9.59 Å². The van der Waals surface area contributed by atoms with E-state index in [4.69, 9.17) is 0 Å². The minimum Gasteiger partial charge on any atom is -0.211 e. The number of aliphatic imine (C=N–C) groups is 2. The Kier molecular flexibility index (Phi) is 7.62. The molecular weight excluding hydrogens is 180 g/mol. The van der Waals surface area contributed by atoms with Crippen LogP contribution in [0, 0.1) is 0 Å². The number of hydrogen-bond acceptors (Lipinski definition) is 4. The normalized spacial score (nSPS) is 13.6. The summed E-state index contributed by atoms with van der Waals surface area (Å²) in [6, 6.07) is 0.0341. The van der Waals surface area contributed by atoms with Gasteiger partial charge in [0.25, 0.3) is 0 Å². The number of nitrogens with zero attached hydrogens (tertiary/aromatic N) is 2. The van der Waals surface area contributed by atoms with Crippen LogP contribution < -0.4 is 0 Å². The second kappa shape index (κ2) is 8.36. The summed E-state index contributed by atoms with van der Waals surface area (Å²) in [4.78, 5) is 27.4. The van der Waals surface area contributed by atoms with Crippen molar-refractivity contribution < 1.29 is 9.59 Å². The molecule has 0 amide bonds. The number of carbonyl (C=O) groups excluding carboxylic acids is 2. The van der Waals surface area contributed by atoms with Gasteiger partial charge in [0, 0.05) is 0 Å². The summed E-state index contributed by atoms with van der Waals surface area (Å²) >= 11 is 0. The van der Waals surface area contributed by atoms with Crippen LogP contribution in [0.25, 0.3) is 0 Å². The number of isocyanates is 2. The molecular formula is C10H16N2O2. The first-order valence-corrected chi connectivity index (χ1v) is 4.92. The molecule has 0 aromatic heterocycles.